The van der Waals surface area contributed by atoms with Crippen LogP contribution in [0.4, 0.5) is 4.39 Å². The molecule has 0 radical (unpaired) electrons. The first-order chi connectivity index (χ1) is 7.00. The summed E-state index contributed by atoms with van der Waals surface area (Å²) in [7, 11) is 0. The topological polar surface area (TPSA) is 51.1 Å². The minimum absolute atomic E-state index is 0.130. The molecule has 1 atom stereocenters. The molecule has 1 amide bonds. The molecule has 6 heteroatoms. The van der Waals surface area contributed by atoms with Gasteiger partial charge < -0.3 is 5.32 Å². The summed E-state index contributed by atoms with van der Waals surface area (Å²) >= 11 is 2.96. The van der Waals surface area contributed by atoms with Gasteiger partial charge in [-0.3, -0.25) is 14.2 Å². The molecule has 0 aromatic carbocycles. The highest BCUT2D eigenvalue weighted by Gasteiger charge is 2.26. The van der Waals surface area contributed by atoms with Crippen LogP contribution < -0.4 is 10.9 Å². The Morgan fingerprint density at radius 2 is 2.27 bits per heavy atom. The number of carbonyl (C=O) groups is 1. The average molecular weight is 275 g/mol. The molecular weight excluding hydrogens is 267 g/mol. The van der Waals surface area contributed by atoms with Crippen LogP contribution >= 0.6 is 15.9 Å². The van der Waals surface area contributed by atoms with E-state index < -0.39 is 11.7 Å². The minimum Gasteiger partial charge on any atom is -0.346 e. The van der Waals surface area contributed by atoms with Gasteiger partial charge in [0.05, 0.1) is 4.47 Å². The summed E-state index contributed by atoms with van der Waals surface area (Å²) in [6.45, 7) is 2.04. The molecule has 0 bridgehead atoms. The van der Waals surface area contributed by atoms with Crippen molar-refractivity contribution in [2.75, 3.05) is 0 Å². The summed E-state index contributed by atoms with van der Waals surface area (Å²) in [5, 5.41) is 2.57. The Morgan fingerprint density at radius 1 is 1.60 bits per heavy atom. The third-order valence-corrected chi connectivity index (χ3v) is 2.82. The van der Waals surface area contributed by atoms with Crippen LogP contribution in [0.1, 0.15) is 17.4 Å². The second-order valence-electron chi connectivity index (χ2n) is 3.48. The van der Waals surface area contributed by atoms with E-state index in [1.807, 2.05) is 0 Å². The van der Waals surface area contributed by atoms with E-state index in [1.54, 1.807) is 6.92 Å². The molecule has 1 aliphatic rings. The predicted molar refractivity (Wildman–Crippen MR) is 55.3 cm³/mol. The van der Waals surface area contributed by atoms with Crippen molar-refractivity contribution in [1.82, 2.24) is 9.88 Å². The Kier molecular flexibility index (Phi) is 2.38. The van der Waals surface area contributed by atoms with Crippen molar-refractivity contribution in [2.24, 2.45) is 0 Å². The zero-order valence-corrected chi connectivity index (χ0v) is 9.47. The van der Waals surface area contributed by atoms with Crippen molar-refractivity contribution in [3.63, 3.8) is 0 Å². The van der Waals surface area contributed by atoms with Gasteiger partial charge >= 0.3 is 0 Å². The van der Waals surface area contributed by atoms with E-state index in [9.17, 15) is 14.0 Å². The molecule has 80 valence electrons. The van der Waals surface area contributed by atoms with E-state index in [0.717, 1.165) is 10.6 Å². The number of nitrogens with zero attached hydrogens (tertiary/aromatic N) is 1. The lowest BCUT2D eigenvalue weighted by molar-refractivity contribution is 0.0896. The van der Waals surface area contributed by atoms with Crippen LogP contribution in [0.15, 0.2) is 15.3 Å². The zero-order chi connectivity index (χ0) is 11.2. The normalized spacial score (nSPS) is 19.7. The van der Waals surface area contributed by atoms with E-state index in [4.69, 9.17) is 0 Å². The van der Waals surface area contributed by atoms with Gasteiger partial charge in [-0.1, -0.05) is 0 Å². The quantitative estimate of drug-likeness (QED) is 0.764. The van der Waals surface area contributed by atoms with E-state index in [-0.39, 0.29) is 28.3 Å². The Morgan fingerprint density at radius 3 is 2.93 bits per heavy atom. The monoisotopic (exact) mass is 274 g/mol. The van der Waals surface area contributed by atoms with Crippen molar-refractivity contribution >= 4 is 21.8 Å². The fourth-order valence-corrected chi connectivity index (χ4v) is 2.03. The summed E-state index contributed by atoms with van der Waals surface area (Å²) in [5.41, 5.74) is -0.575. The lowest BCUT2D eigenvalue weighted by Crippen LogP contribution is -2.47. The number of nitrogens with one attached hydrogen (secondary N) is 1. The van der Waals surface area contributed by atoms with Crippen molar-refractivity contribution in [3.8, 4) is 0 Å². The standard InChI is InChI=1S/C9H8BrFN2O2/c1-4-3-13-7(8(14)12-4)6(11)2-5(10)9(13)15/h2,4H,3H2,1H3,(H,12,14). The molecule has 4 nitrogen and oxygen atoms in total. The van der Waals surface area contributed by atoms with Gasteiger partial charge in [-0.25, -0.2) is 4.39 Å². The Hall–Kier alpha value is -1.17. The molecule has 0 spiro atoms. The van der Waals surface area contributed by atoms with Gasteiger partial charge in [0.15, 0.2) is 5.82 Å². The molecule has 0 saturated carbocycles. The van der Waals surface area contributed by atoms with E-state index in [1.165, 1.54) is 0 Å². The Bertz CT molecular complexity index is 498. The number of hydrogen-bond acceptors (Lipinski definition) is 2. The highest BCUT2D eigenvalue weighted by atomic mass is 79.9. The van der Waals surface area contributed by atoms with E-state index in [0.29, 0.717) is 0 Å². The van der Waals surface area contributed by atoms with Crippen LogP contribution in [-0.2, 0) is 6.54 Å². The van der Waals surface area contributed by atoms with Crippen LogP contribution in [0.5, 0.6) is 0 Å². The predicted octanol–water partition coefficient (Wildman–Crippen LogP) is 0.882. The van der Waals surface area contributed by atoms with Gasteiger partial charge in [-0.2, -0.15) is 0 Å². The summed E-state index contributed by atoms with van der Waals surface area (Å²) in [5.74, 6) is -1.23. The molecule has 0 saturated heterocycles. The molecule has 1 aromatic rings. The van der Waals surface area contributed by atoms with Crippen LogP contribution in [0.2, 0.25) is 0 Å². The third kappa shape index (κ3) is 1.58. The molecule has 1 unspecified atom stereocenters. The number of rotatable bonds is 0. The van der Waals surface area contributed by atoms with Gasteiger partial charge in [-0.05, 0) is 28.9 Å². The van der Waals surface area contributed by atoms with Gasteiger partial charge in [0.25, 0.3) is 11.5 Å². The number of fused-ring (bicyclic) bond motifs is 1. The average Bonchev–Trinajstić information content (AvgIpc) is 2.12. The first-order valence-corrected chi connectivity index (χ1v) is 5.19. The second-order valence-corrected chi connectivity index (χ2v) is 4.33. The number of carbonyl (C=O) groups excluding carboxylic acids is 1. The van der Waals surface area contributed by atoms with Crippen molar-refractivity contribution in [2.45, 2.75) is 19.5 Å². The number of hydrogen-bond donors (Lipinski definition) is 1. The van der Waals surface area contributed by atoms with Gasteiger partial charge in [0, 0.05) is 12.6 Å². The molecule has 0 aliphatic carbocycles. The highest BCUT2D eigenvalue weighted by molar-refractivity contribution is 9.10. The molecule has 1 N–H and O–H groups in total. The van der Waals surface area contributed by atoms with Crippen LogP contribution in [0.3, 0.4) is 0 Å². The summed E-state index contributed by atoms with van der Waals surface area (Å²) in [6.07, 6.45) is 0. The van der Waals surface area contributed by atoms with Crippen molar-refractivity contribution in [1.29, 1.82) is 0 Å². The summed E-state index contributed by atoms with van der Waals surface area (Å²) in [4.78, 5) is 23.1. The number of halogens is 2. The van der Waals surface area contributed by atoms with Crippen LogP contribution in [0.25, 0.3) is 0 Å². The summed E-state index contributed by atoms with van der Waals surface area (Å²) < 4.78 is 14.7. The lowest BCUT2D eigenvalue weighted by atomic mass is 10.2. The second kappa shape index (κ2) is 3.44. The maximum Gasteiger partial charge on any atom is 0.271 e. The fraction of sp³-hybridized carbons (Fsp3) is 0.333. The Balaban J connectivity index is 2.74. The van der Waals surface area contributed by atoms with Crippen LogP contribution in [-0.4, -0.2) is 16.5 Å². The highest BCUT2D eigenvalue weighted by Crippen LogP contribution is 2.14. The Labute approximate surface area is 93.2 Å². The third-order valence-electron chi connectivity index (χ3n) is 2.25. The van der Waals surface area contributed by atoms with E-state index >= 15 is 0 Å². The molecular formula is C9H8BrFN2O2. The number of amides is 1. The van der Waals surface area contributed by atoms with Gasteiger partial charge in [0.1, 0.15) is 5.69 Å². The molecule has 1 aromatic heterocycles. The molecule has 0 fully saturated rings. The first kappa shape index (κ1) is 10.4. The molecule has 2 heterocycles. The maximum atomic E-state index is 13.4. The van der Waals surface area contributed by atoms with Crippen LogP contribution in [0, 0.1) is 5.82 Å². The van der Waals surface area contributed by atoms with E-state index in [2.05, 4.69) is 21.2 Å². The largest absolute Gasteiger partial charge is 0.346 e. The van der Waals surface area contributed by atoms with Crippen molar-refractivity contribution in [3.05, 3.63) is 32.4 Å². The maximum absolute atomic E-state index is 13.4. The zero-order valence-electron chi connectivity index (χ0n) is 7.88. The number of aromatic nitrogens is 1. The molecule has 15 heavy (non-hydrogen) atoms. The lowest BCUT2D eigenvalue weighted by Gasteiger charge is -2.24. The first-order valence-electron chi connectivity index (χ1n) is 4.40. The minimum atomic E-state index is -0.689. The molecule has 1 aliphatic heterocycles. The van der Waals surface area contributed by atoms with Gasteiger partial charge in [0.2, 0.25) is 0 Å². The summed E-state index contributed by atoms with van der Waals surface area (Å²) in [6, 6.07) is 0.848. The smallest absolute Gasteiger partial charge is 0.271 e. The number of pyridine rings is 1. The molecule has 2 rings (SSSR count). The fourth-order valence-electron chi connectivity index (χ4n) is 1.62. The van der Waals surface area contributed by atoms with Gasteiger partial charge in [-0.15, -0.1) is 0 Å². The van der Waals surface area contributed by atoms with Crippen molar-refractivity contribution < 1.29 is 9.18 Å². The SMILES string of the molecule is CC1Cn2c(c(F)cc(Br)c2=O)C(=O)N1.